The second kappa shape index (κ2) is 6.01. The maximum Gasteiger partial charge on any atom is 0.304 e. The number of carboxylic acid groups (broad SMARTS) is 1. The van der Waals surface area contributed by atoms with Crippen LogP contribution in [-0.4, -0.2) is 22.2 Å². The van der Waals surface area contributed by atoms with Gasteiger partial charge in [-0.2, -0.15) is 0 Å². The summed E-state index contributed by atoms with van der Waals surface area (Å²) in [7, 11) is 0. The van der Waals surface area contributed by atoms with Crippen LogP contribution in [-0.2, 0) is 11.2 Å². The van der Waals surface area contributed by atoms with Gasteiger partial charge in [0, 0.05) is 6.04 Å². The van der Waals surface area contributed by atoms with E-state index in [4.69, 9.17) is 10.8 Å². The van der Waals surface area contributed by atoms with Crippen LogP contribution in [0.3, 0.4) is 0 Å². The Bertz CT molecular complexity index is 386. The van der Waals surface area contributed by atoms with Crippen LogP contribution in [0.15, 0.2) is 12.1 Å². The molecule has 1 aromatic rings. The van der Waals surface area contributed by atoms with Crippen LogP contribution in [0, 0.1) is 7.14 Å². The minimum atomic E-state index is -0.893. The molecule has 4 N–H and O–H groups in total. The molecule has 0 amide bonds. The van der Waals surface area contributed by atoms with Crippen molar-refractivity contribution in [1.29, 1.82) is 0 Å². The van der Waals surface area contributed by atoms with E-state index >= 15 is 0 Å². The summed E-state index contributed by atoms with van der Waals surface area (Å²) in [6, 6.07) is 3.24. The van der Waals surface area contributed by atoms with Gasteiger partial charge in [0.15, 0.2) is 0 Å². The molecule has 0 aliphatic heterocycles. The molecule has 1 rings (SSSR count). The predicted molar refractivity (Wildman–Crippen MR) is 77.5 cm³/mol. The Balaban J connectivity index is 2.78. The van der Waals surface area contributed by atoms with Crippen LogP contribution in [0.1, 0.15) is 12.0 Å². The number of phenols is 1. The average Bonchev–Trinajstić information content (AvgIpc) is 2.12. The summed E-state index contributed by atoms with van der Waals surface area (Å²) in [5.41, 5.74) is 6.64. The zero-order valence-corrected chi connectivity index (χ0v) is 12.6. The topological polar surface area (TPSA) is 83.6 Å². The summed E-state index contributed by atoms with van der Waals surface area (Å²) in [5, 5.41) is 18.2. The molecule has 0 heterocycles. The Morgan fingerprint density at radius 1 is 1.38 bits per heavy atom. The summed E-state index contributed by atoms with van der Waals surface area (Å²) in [6.07, 6.45) is 0.451. The molecular formula is C10H11I2NO3. The first-order chi connectivity index (χ1) is 7.40. The lowest BCUT2D eigenvalue weighted by atomic mass is 10.0. The van der Waals surface area contributed by atoms with E-state index in [1.165, 1.54) is 0 Å². The number of aliphatic carboxylic acids is 1. The fourth-order valence-electron chi connectivity index (χ4n) is 1.34. The fourth-order valence-corrected chi connectivity index (χ4v) is 3.23. The number of aromatic hydroxyl groups is 1. The first-order valence-electron chi connectivity index (χ1n) is 4.54. The lowest BCUT2D eigenvalue weighted by Gasteiger charge is -2.10. The Kier molecular flexibility index (Phi) is 5.25. The van der Waals surface area contributed by atoms with Gasteiger partial charge in [-0.3, -0.25) is 4.79 Å². The van der Waals surface area contributed by atoms with Gasteiger partial charge in [0.1, 0.15) is 5.75 Å². The van der Waals surface area contributed by atoms with Crippen LogP contribution >= 0.6 is 45.2 Å². The van der Waals surface area contributed by atoms with E-state index in [2.05, 4.69) is 0 Å². The number of halogens is 2. The fraction of sp³-hybridized carbons (Fsp3) is 0.300. The second-order valence-corrected chi connectivity index (χ2v) is 5.79. The highest BCUT2D eigenvalue weighted by molar-refractivity contribution is 14.1. The molecule has 0 bridgehead atoms. The Labute approximate surface area is 121 Å². The summed E-state index contributed by atoms with van der Waals surface area (Å²) >= 11 is 4.07. The molecule has 0 radical (unpaired) electrons. The highest BCUT2D eigenvalue weighted by Crippen LogP contribution is 2.27. The van der Waals surface area contributed by atoms with Crippen molar-refractivity contribution in [2.75, 3.05) is 0 Å². The van der Waals surface area contributed by atoms with E-state index in [0.29, 0.717) is 6.42 Å². The molecular weight excluding hydrogens is 436 g/mol. The van der Waals surface area contributed by atoms with Gasteiger partial charge in [-0.1, -0.05) is 0 Å². The Hall–Kier alpha value is -0.0900. The monoisotopic (exact) mass is 447 g/mol. The quantitative estimate of drug-likeness (QED) is 0.617. The molecule has 88 valence electrons. The predicted octanol–water partition coefficient (Wildman–Crippen LogP) is 1.95. The van der Waals surface area contributed by atoms with Gasteiger partial charge in [-0.05, 0) is 69.3 Å². The number of hydrogen-bond donors (Lipinski definition) is 3. The standard InChI is InChI=1S/C10H11I2NO3/c11-7-2-5(3-8(12)10(7)16)1-6(13)4-9(14)15/h2-3,6,16H,1,4,13H2,(H,14,15)/t6-/m1/s1. The normalized spacial score (nSPS) is 12.4. The van der Waals surface area contributed by atoms with Crippen molar-refractivity contribution < 1.29 is 15.0 Å². The van der Waals surface area contributed by atoms with Crippen LogP contribution < -0.4 is 5.73 Å². The molecule has 0 aliphatic carbocycles. The third-order valence-corrected chi connectivity index (χ3v) is 3.66. The molecule has 0 aliphatic rings. The van der Waals surface area contributed by atoms with Gasteiger partial charge < -0.3 is 15.9 Å². The van der Waals surface area contributed by atoms with Crippen molar-refractivity contribution in [1.82, 2.24) is 0 Å². The molecule has 0 saturated carbocycles. The number of rotatable bonds is 4. The smallest absolute Gasteiger partial charge is 0.304 e. The minimum absolute atomic E-state index is 0.0476. The molecule has 1 atom stereocenters. The van der Waals surface area contributed by atoms with E-state index in [1.807, 2.05) is 57.3 Å². The van der Waals surface area contributed by atoms with Crippen LogP contribution in [0.25, 0.3) is 0 Å². The van der Waals surface area contributed by atoms with Gasteiger partial charge in [0.2, 0.25) is 0 Å². The maximum absolute atomic E-state index is 10.5. The Morgan fingerprint density at radius 2 is 1.88 bits per heavy atom. The van der Waals surface area contributed by atoms with E-state index in [9.17, 15) is 9.90 Å². The van der Waals surface area contributed by atoms with Gasteiger partial charge in [0.25, 0.3) is 0 Å². The van der Waals surface area contributed by atoms with Crippen molar-refractivity contribution in [3.63, 3.8) is 0 Å². The zero-order chi connectivity index (χ0) is 12.3. The lowest BCUT2D eigenvalue weighted by molar-refractivity contribution is -0.137. The largest absolute Gasteiger partial charge is 0.506 e. The average molecular weight is 447 g/mol. The number of phenolic OH excluding ortho intramolecular Hbond substituents is 1. The highest BCUT2D eigenvalue weighted by Gasteiger charge is 2.11. The summed E-state index contributed by atoms with van der Waals surface area (Å²) in [4.78, 5) is 10.5. The molecule has 6 heteroatoms. The third kappa shape index (κ3) is 4.06. The second-order valence-electron chi connectivity index (χ2n) is 3.47. The van der Waals surface area contributed by atoms with E-state index < -0.39 is 12.0 Å². The first kappa shape index (κ1) is 14.0. The van der Waals surface area contributed by atoms with Crippen molar-refractivity contribution in [3.05, 3.63) is 24.8 Å². The van der Waals surface area contributed by atoms with Gasteiger partial charge in [0.05, 0.1) is 13.6 Å². The summed E-state index contributed by atoms with van der Waals surface area (Å²) in [5.74, 6) is -0.632. The van der Waals surface area contributed by atoms with Gasteiger partial charge in [-0.25, -0.2) is 0 Å². The number of carboxylic acids is 1. The van der Waals surface area contributed by atoms with Crippen molar-refractivity contribution >= 4 is 51.2 Å². The maximum atomic E-state index is 10.5. The number of carbonyl (C=O) groups is 1. The van der Waals surface area contributed by atoms with Crippen LogP contribution in [0.5, 0.6) is 5.75 Å². The number of benzene rings is 1. The van der Waals surface area contributed by atoms with Crippen LogP contribution in [0.4, 0.5) is 0 Å². The highest BCUT2D eigenvalue weighted by atomic mass is 127. The molecule has 4 nitrogen and oxygen atoms in total. The Morgan fingerprint density at radius 3 is 2.31 bits per heavy atom. The van der Waals surface area contributed by atoms with Gasteiger partial charge >= 0.3 is 5.97 Å². The molecule has 0 saturated heterocycles. The number of nitrogens with two attached hydrogens (primary N) is 1. The minimum Gasteiger partial charge on any atom is -0.506 e. The molecule has 0 spiro atoms. The molecule has 0 aromatic heterocycles. The third-order valence-electron chi connectivity index (χ3n) is 2.01. The first-order valence-corrected chi connectivity index (χ1v) is 6.70. The van der Waals surface area contributed by atoms with Crippen molar-refractivity contribution in [3.8, 4) is 5.75 Å². The molecule has 16 heavy (non-hydrogen) atoms. The SMILES string of the molecule is N[C@@H](CC(=O)O)Cc1cc(I)c(O)c(I)c1. The van der Waals surface area contributed by atoms with Gasteiger partial charge in [-0.15, -0.1) is 0 Å². The van der Waals surface area contributed by atoms with Crippen LogP contribution in [0.2, 0.25) is 0 Å². The molecule has 0 fully saturated rings. The lowest BCUT2D eigenvalue weighted by Crippen LogP contribution is -2.26. The summed E-state index contributed by atoms with van der Waals surface area (Å²) < 4.78 is 1.50. The van der Waals surface area contributed by atoms with E-state index in [0.717, 1.165) is 12.7 Å². The zero-order valence-electron chi connectivity index (χ0n) is 8.28. The number of hydrogen-bond acceptors (Lipinski definition) is 3. The molecule has 1 aromatic carbocycles. The van der Waals surface area contributed by atoms with Crippen molar-refractivity contribution in [2.45, 2.75) is 18.9 Å². The molecule has 0 unspecified atom stereocenters. The van der Waals surface area contributed by atoms with Crippen molar-refractivity contribution in [2.24, 2.45) is 5.73 Å². The summed E-state index contributed by atoms with van der Waals surface area (Å²) in [6.45, 7) is 0. The van der Waals surface area contributed by atoms with E-state index in [-0.39, 0.29) is 12.2 Å². The van der Waals surface area contributed by atoms with E-state index in [1.54, 1.807) is 0 Å².